The summed E-state index contributed by atoms with van der Waals surface area (Å²) in [5.41, 5.74) is 2.53. The molecule has 0 unspecified atom stereocenters. The molecular weight excluding hydrogens is 302 g/mol. The predicted molar refractivity (Wildman–Crippen MR) is 92.8 cm³/mol. The Bertz CT molecular complexity index is 728. The second-order valence-electron chi connectivity index (χ2n) is 6.32. The number of carbonyl (C=O) groups excluding carboxylic acids is 1. The minimum atomic E-state index is -0.999. The molecule has 126 valence electrons. The number of hydrogen-bond acceptors (Lipinski definition) is 3. The Balaban J connectivity index is 1.76. The molecule has 2 N–H and O–H groups in total. The van der Waals surface area contributed by atoms with Gasteiger partial charge in [0, 0.05) is 12.7 Å². The van der Waals surface area contributed by atoms with Gasteiger partial charge in [0.2, 0.25) is 0 Å². The van der Waals surface area contributed by atoms with Gasteiger partial charge in [-0.25, -0.2) is 0 Å². The Morgan fingerprint density at radius 2 is 1.96 bits per heavy atom. The fourth-order valence-electron chi connectivity index (χ4n) is 3.43. The van der Waals surface area contributed by atoms with Crippen LogP contribution in [0.5, 0.6) is 0 Å². The number of carbonyl (C=O) groups is 1. The third-order valence-electron chi connectivity index (χ3n) is 4.66. The normalized spacial score (nSPS) is 19.6. The smallest absolute Gasteiger partial charge is 0.251 e. The Labute approximate surface area is 142 Å². The predicted octanol–water partition coefficient (Wildman–Crippen LogP) is 2.79. The summed E-state index contributed by atoms with van der Waals surface area (Å²) < 4.78 is 5.15. The van der Waals surface area contributed by atoms with E-state index in [9.17, 15) is 9.90 Å². The highest BCUT2D eigenvalue weighted by Gasteiger charge is 2.34. The van der Waals surface area contributed by atoms with Crippen molar-refractivity contribution in [2.45, 2.75) is 31.5 Å². The number of nitrogens with one attached hydrogen (secondary N) is 1. The summed E-state index contributed by atoms with van der Waals surface area (Å²) >= 11 is 0. The highest BCUT2D eigenvalue weighted by molar-refractivity contribution is 5.95. The van der Waals surface area contributed by atoms with Crippen molar-refractivity contribution in [3.05, 3.63) is 70.8 Å². The van der Waals surface area contributed by atoms with E-state index in [1.165, 1.54) is 5.56 Å². The van der Waals surface area contributed by atoms with Crippen LogP contribution in [-0.2, 0) is 23.4 Å². The van der Waals surface area contributed by atoms with Crippen LogP contribution < -0.4 is 5.32 Å². The summed E-state index contributed by atoms with van der Waals surface area (Å²) in [6.07, 6.45) is 2.55. The van der Waals surface area contributed by atoms with E-state index in [-0.39, 0.29) is 12.5 Å². The lowest BCUT2D eigenvalue weighted by atomic mass is 9.79. The van der Waals surface area contributed by atoms with Crippen molar-refractivity contribution in [1.29, 1.82) is 0 Å². The first-order valence-electron chi connectivity index (χ1n) is 8.30. The Morgan fingerprint density at radius 3 is 2.79 bits per heavy atom. The van der Waals surface area contributed by atoms with Gasteiger partial charge in [-0.2, -0.15) is 0 Å². The van der Waals surface area contributed by atoms with E-state index in [0.717, 1.165) is 24.0 Å². The van der Waals surface area contributed by atoms with Gasteiger partial charge in [-0.05, 0) is 42.0 Å². The monoisotopic (exact) mass is 325 g/mol. The zero-order valence-electron chi connectivity index (χ0n) is 13.9. The van der Waals surface area contributed by atoms with Gasteiger partial charge < -0.3 is 15.2 Å². The van der Waals surface area contributed by atoms with E-state index in [1.807, 2.05) is 36.4 Å². The molecule has 1 aliphatic rings. The van der Waals surface area contributed by atoms with Gasteiger partial charge in [0.1, 0.15) is 5.60 Å². The Hall–Kier alpha value is -2.17. The molecule has 1 atom stereocenters. The molecule has 2 aromatic carbocycles. The van der Waals surface area contributed by atoms with Gasteiger partial charge in [0.05, 0.1) is 13.2 Å². The number of aliphatic hydroxyl groups is 1. The van der Waals surface area contributed by atoms with Crippen LogP contribution >= 0.6 is 0 Å². The van der Waals surface area contributed by atoms with Gasteiger partial charge in [0.15, 0.2) is 0 Å². The van der Waals surface area contributed by atoms with Crippen LogP contribution in [0.2, 0.25) is 0 Å². The topological polar surface area (TPSA) is 58.6 Å². The molecule has 0 heterocycles. The number of aryl methyl sites for hydroxylation is 1. The van der Waals surface area contributed by atoms with E-state index in [4.69, 9.17) is 4.74 Å². The molecule has 3 rings (SSSR count). The van der Waals surface area contributed by atoms with Gasteiger partial charge in [-0.1, -0.05) is 42.5 Å². The van der Waals surface area contributed by atoms with Crippen LogP contribution in [0.4, 0.5) is 0 Å². The number of methoxy groups -OCH3 is 1. The zero-order valence-corrected chi connectivity index (χ0v) is 13.9. The Kier molecular flexibility index (Phi) is 4.97. The Morgan fingerprint density at radius 1 is 1.21 bits per heavy atom. The quantitative estimate of drug-likeness (QED) is 0.889. The highest BCUT2D eigenvalue weighted by atomic mass is 16.5. The van der Waals surface area contributed by atoms with E-state index < -0.39 is 5.60 Å². The summed E-state index contributed by atoms with van der Waals surface area (Å²) in [7, 11) is 1.61. The minimum Gasteiger partial charge on any atom is -0.383 e. The lowest BCUT2D eigenvalue weighted by Gasteiger charge is -2.34. The van der Waals surface area contributed by atoms with Gasteiger partial charge in [-0.15, -0.1) is 0 Å². The molecular formula is C20H23NO3. The van der Waals surface area contributed by atoms with Crippen LogP contribution in [0.1, 0.15) is 39.9 Å². The molecule has 4 nitrogen and oxygen atoms in total. The maximum Gasteiger partial charge on any atom is 0.251 e. The van der Waals surface area contributed by atoms with Gasteiger partial charge >= 0.3 is 0 Å². The summed E-state index contributed by atoms with van der Waals surface area (Å²) in [5.74, 6) is -0.181. The number of fused-ring (bicyclic) bond motifs is 1. The number of amides is 1. The molecule has 0 spiro atoms. The molecule has 4 heteroatoms. The molecule has 0 radical (unpaired) electrons. The van der Waals surface area contributed by atoms with Crippen LogP contribution in [0.3, 0.4) is 0 Å². The van der Waals surface area contributed by atoms with Crippen molar-refractivity contribution in [2.75, 3.05) is 13.7 Å². The van der Waals surface area contributed by atoms with Crippen LogP contribution in [-0.4, -0.2) is 24.7 Å². The first kappa shape index (κ1) is 16.7. The molecule has 24 heavy (non-hydrogen) atoms. The number of benzene rings is 2. The van der Waals surface area contributed by atoms with Crippen molar-refractivity contribution in [3.8, 4) is 0 Å². The molecule has 2 aromatic rings. The second-order valence-corrected chi connectivity index (χ2v) is 6.32. The molecule has 0 saturated heterocycles. The molecule has 1 aliphatic carbocycles. The third kappa shape index (κ3) is 3.35. The largest absolute Gasteiger partial charge is 0.383 e. The van der Waals surface area contributed by atoms with E-state index in [2.05, 4.69) is 11.4 Å². The molecule has 0 aromatic heterocycles. The van der Waals surface area contributed by atoms with Crippen LogP contribution in [0.25, 0.3) is 0 Å². The minimum absolute atomic E-state index is 0.181. The first-order valence-corrected chi connectivity index (χ1v) is 8.30. The fourth-order valence-corrected chi connectivity index (χ4v) is 3.43. The van der Waals surface area contributed by atoms with Crippen LogP contribution in [0.15, 0.2) is 48.5 Å². The van der Waals surface area contributed by atoms with Crippen molar-refractivity contribution in [1.82, 2.24) is 5.32 Å². The number of rotatable bonds is 5. The highest BCUT2D eigenvalue weighted by Crippen LogP contribution is 2.34. The number of ether oxygens (including phenoxy) is 1. The average Bonchev–Trinajstić information content (AvgIpc) is 2.61. The lowest BCUT2D eigenvalue weighted by Crippen LogP contribution is -2.43. The van der Waals surface area contributed by atoms with Crippen LogP contribution in [0, 0.1) is 0 Å². The van der Waals surface area contributed by atoms with Gasteiger partial charge in [0.25, 0.3) is 5.91 Å². The summed E-state index contributed by atoms with van der Waals surface area (Å²) in [5, 5.41) is 14.0. The van der Waals surface area contributed by atoms with E-state index in [0.29, 0.717) is 18.6 Å². The van der Waals surface area contributed by atoms with Crippen molar-refractivity contribution >= 4 is 5.91 Å². The SMILES string of the molecule is COCc1ccccc1C(=O)NC[C@]1(O)CCCc2ccccc21. The maximum atomic E-state index is 12.6. The van der Waals surface area contributed by atoms with E-state index >= 15 is 0 Å². The maximum absolute atomic E-state index is 12.6. The van der Waals surface area contributed by atoms with E-state index in [1.54, 1.807) is 13.2 Å². The first-order chi connectivity index (χ1) is 11.6. The molecule has 0 bridgehead atoms. The van der Waals surface area contributed by atoms with Gasteiger partial charge in [-0.3, -0.25) is 4.79 Å². The summed E-state index contributed by atoms with van der Waals surface area (Å²) in [6.45, 7) is 0.598. The van der Waals surface area contributed by atoms with Crippen molar-refractivity contribution in [2.24, 2.45) is 0 Å². The fraction of sp³-hybridized carbons (Fsp3) is 0.350. The molecule has 0 aliphatic heterocycles. The second kappa shape index (κ2) is 7.16. The summed E-state index contributed by atoms with van der Waals surface area (Å²) in [6, 6.07) is 15.3. The summed E-state index contributed by atoms with van der Waals surface area (Å²) in [4.78, 5) is 12.6. The lowest BCUT2D eigenvalue weighted by molar-refractivity contribution is 0.0189. The van der Waals surface area contributed by atoms with Crippen molar-refractivity contribution < 1.29 is 14.6 Å². The zero-order chi connectivity index (χ0) is 17.0. The number of hydrogen-bond donors (Lipinski definition) is 2. The molecule has 0 saturated carbocycles. The standard InChI is InChI=1S/C20H23NO3/c1-24-13-16-8-2-4-10-17(16)19(22)21-14-20(23)12-6-9-15-7-3-5-11-18(15)20/h2-5,7-8,10-11,23H,6,9,12-14H2,1H3,(H,21,22)/t20-/m1/s1. The van der Waals surface area contributed by atoms with Crippen molar-refractivity contribution in [3.63, 3.8) is 0 Å². The molecule has 0 fully saturated rings. The average molecular weight is 325 g/mol. The third-order valence-corrected chi connectivity index (χ3v) is 4.66. The molecule has 1 amide bonds.